The van der Waals surface area contributed by atoms with Crippen molar-refractivity contribution in [1.82, 2.24) is 9.62 Å². The first-order valence-electron chi connectivity index (χ1n) is 7.50. The molecule has 1 fully saturated rings. The molecule has 3 rings (SSSR count). The lowest BCUT2D eigenvalue weighted by Gasteiger charge is -2.17. The summed E-state index contributed by atoms with van der Waals surface area (Å²) in [6.07, 6.45) is 0.780. The van der Waals surface area contributed by atoms with E-state index in [9.17, 15) is 8.42 Å². The van der Waals surface area contributed by atoms with Crippen LogP contribution < -0.4 is 9.46 Å². The molecule has 5 nitrogen and oxygen atoms in total. The normalized spacial score (nSPS) is 25.8. The molecule has 2 aliphatic heterocycles. The second-order valence-electron chi connectivity index (χ2n) is 5.93. The van der Waals surface area contributed by atoms with Gasteiger partial charge in [0.25, 0.3) is 0 Å². The Balaban J connectivity index is 1.78. The van der Waals surface area contributed by atoms with Crippen LogP contribution in [-0.4, -0.2) is 45.6 Å². The zero-order valence-corrected chi connectivity index (χ0v) is 13.3. The molecule has 1 aromatic rings. The van der Waals surface area contributed by atoms with Crippen LogP contribution in [0.1, 0.15) is 19.4 Å². The van der Waals surface area contributed by atoms with Crippen molar-refractivity contribution < 1.29 is 13.2 Å². The Morgan fingerprint density at radius 2 is 2.19 bits per heavy atom. The number of hydrogen-bond donors (Lipinski definition) is 1. The lowest BCUT2D eigenvalue weighted by molar-refractivity contribution is 0.344. The SMILES string of the molecule is CCN1C[C@H](C)[C@H](NS(=O)(=O)c2ccc3c(c2)CCO3)C1. The zero-order chi connectivity index (χ0) is 15.0. The minimum absolute atomic E-state index is 0.0144. The van der Waals surface area contributed by atoms with E-state index in [2.05, 4.69) is 23.5 Å². The number of fused-ring (bicyclic) bond motifs is 1. The maximum Gasteiger partial charge on any atom is 0.240 e. The fourth-order valence-corrected chi connectivity index (χ4v) is 4.46. The number of hydrogen-bond acceptors (Lipinski definition) is 4. The average Bonchev–Trinajstić information content (AvgIpc) is 3.04. The number of likely N-dealkylation sites (N-methyl/N-ethyl adjacent to an activating group) is 1. The van der Waals surface area contributed by atoms with Crippen LogP contribution in [0, 0.1) is 5.92 Å². The minimum Gasteiger partial charge on any atom is -0.493 e. The van der Waals surface area contributed by atoms with Crippen LogP contribution in [0.5, 0.6) is 5.75 Å². The third kappa shape index (κ3) is 2.93. The monoisotopic (exact) mass is 310 g/mol. The molecule has 0 unspecified atom stereocenters. The summed E-state index contributed by atoms with van der Waals surface area (Å²) in [5.74, 6) is 1.14. The summed E-state index contributed by atoms with van der Waals surface area (Å²) in [4.78, 5) is 2.61. The molecule has 0 radical (unpaired) electrons. The highest BCUT2D eigenvalue weighted by atomic mass is 32.2. The summed E-state index contributed by atoms with van der Waals surface area (Å²) < 4.78 is 33.4. The lowest BCUT2D eigenvalue weighted by atomic mass is 10.1. The predicted octanol–water partition coefficient (Wildman–Crippen LogP) is 1.24. The largest absolute Gasteiger partial charge is 0.493 e. The van der Waals surface area contributed by atoms with Gasteiger partial charge in [0, 0.05) is 25.6 Å². The molecule has 0 aromatic heterocycles. The molecule has 0 aliphatic carbocycles. The molecule has 116 valence electrons. The number of ether oxygens (including phenoxy) is 1. The maximum atomic E-state index is 12.6. The Morgan fingerprint density at radius 1 is 1.38 bits per heavy atom. The van der Waals surface area contributed by atoms with Gasteiger partial charge in [-0.05, 0) is 36.2 Å². The topological polar surface area (TPSA) is 58.6 Å². The molecular formula is C15H22N2O3S. The van der Waals surface area contributed by atoms with Crippen molar-refractivity contribution in [2.75, 3.05) is 26.2 Å². The van der Waals surface area contributed by atoms with Gasteiger partial charge in [-0.1, -0.05) is 13.8 Å². The third-order valence-electron chi connectivity index (χ3n) is 4.41. The van der Waals surface area contributed by atoms with Gasteiger partial charge in [0.15, 0.2) is 0 Å². The number of benzene rings is 1. The van der Waals surface area contributed by atoms with Crippen molar-refractivity contribution >= 4 is 10.0 Å². The Hall–Kier alpha value is -1.11. The second-order valence-corrected chi connectivity index (χ2v) is 7.64. The van der Waals surface area contributed by atoms with Gasteiger partial charge >= 0.3 is 0 Å². The Kier molecular flexibility index (Phi) is 3.94. The zero-order valence-electron chi connectivity index (χ0n) is 12.5. The standard InChI is InChI=1S/C15H22N2O3S/c1-3-17-9-11(2)14(10-17)16-21(18,19)13-4-5-15-12(8-13)6-7-20-15/h4-5,8,11,14,16H,3,6-7,9-10H2,1-2H3/t11-,14+/m0/s1. The van der Waals surface area contributed by atoms with E-state index in [-0.39, 0.29) is 6.04 Å². The second kappa shape index (κ2) is 5.59. The smallest absolute Gasteiger partial charge is 0.240 e. The van der Waals surface area contributed by atoms with Crippen molar-refractivity contribution in [2.45, 2.75) is 31.2 Å². The number of rotatable bonds is 4. The van der Waals surface area contributed by atoms with E-state index in [4.69, 9.17) is 4.74 Å². The number of nitrogens with one attached hydrogen (secondary N) is 1. The van der Waals surface area contributed by atoms with Crippen molar-refractivity contribution in [3.63, 3.8) is 0 Å². The first kappa shape index (κ1) is 14.8. The van der Waals surface area contributed by atoms with E-state index in [0.717, 1.165) is 37.4 Å². The van der Waals surface area contributed by atoms with Crippen molar-refractivity contribution in [1.29, 1.82) is 0 Å². The molecule has 2 aliphatic rings. The van der Waals surface area contributed by atoms with E-state index in [1.807, 2.05) is 0 Å². The molecule has 1 aromatic carbocycles. The van der Waals surface area contributed by atoms with Gasteiger partial charge in [-0.25, -0.2) is 13.1 Å². The highest BCUT2D eigenvalue weighted by Crippen LogP contribution is 2.28. The van der Waals surface area contributed by atoms with Gasteiger partial charge in [-0.3, -0.25) is 0 Å². The summed E-state index contributed by atoms with van der Waals surface area (Å²) in [5, 5.41) is 0. The summed E-state index contributed by atoms with van der Waals surface area (Å²) in [6, 6.07) is 5.11. The van der Waals surface area contributed by atoms with Crippen LogP contribution in [0.4, 0.5) is 0 Å². The molecule has 2 atom stereocenters. The number of nitrogens with zero attached hydrogens (tertiary/aromatic N) is 1. The van der Waals surface area contributed by atoms with Gasteiger partial charge in [0.05, 0.1) is 11.5 Å². The third-order valence-corrected chi connectivity index (χ3v) is 5.90. The van der Waals surface area contributed by atoms with E-state index in [1.54, 1.807) is 18.2 Å². The van der Waals surface area contributed by atoms with Gasteiger partial charge in [-0.2, -0.15) is 0 Å². The quantitative estimate of drug-likeness (QED) is 0.909. The lowest BCUT2D eigenvalue weighted by Crippen LogP contribution is -2.39. The summed E-state index contributed by atoms with van der Waals surface area (Å²) in [7, 11) is -3.46. The molecule has 21 heavy (non-hydrogen) atoms. The molecule has 0 amide bonds. The Bertz CT molecular complexity index is 630. The van der Waals surface area contributed by atoms with Gasteiger partial charge in [0.2, 0.25) is 10.0 Å². The van der Waals surface area contributed by atoms with Crippen molar-refractivity contribution in [3.8, 4) is 5.75 Å². The number of sulfonamides is 1. The van der Waals surface area contributed by atoms with Crippen molar-refractivity contribution in [3.05, 3.63) is 23.8 Å². The van der Waals surface area contributed by atoms with Gasteiger partial charge in [0.1, 0.15) is 5.75 Å². The van der Waals surface area contributed by atoms with Crippen LogP contribution in [0.2, 0.25) is 0 Å². The van der Waals surface area contributed by atoms with E-state index < -0.39 is 10.0 Å². The van der Waals surface area contributed by atoms with E-state index in [1.165, 1.54) is 0 Å². The highest BCUT2D eigenvalue weighted by Gasteiger charge is 2.32. The maximum absolute atomic E-state index is 12.6. The molecule has 0 bridgehead atoms. The summed E-state index contributed by atoms with van der Waals surface area (Å²) >= 11 is 0. The Labute approximate surface area is 126 Å². The molecule has 0 spiro atoms. The van der Waals surface area contributed by atoms with Gasteiger partial charge < -0.3 is 9.64 Å². The summed E-state index contributed by atoms with van der Waals surface area (Å²) in [6.45, 7) is 7.52. The molecule has 1 saturated heterocycles. The van der Waals surface area contributed by atoms with Crippen LogP contribution in [0.25, 0.3) is 0 Å². The minimum atomic E-state index is -3.46. The fourth-order valence-electron chi connectivity index (χ4n) is 3.08. The molecule has 6 heteroatoms. The predicted molar refractivity (Wildman–Crippen MR) is 81.0 cm³/mol. The van der Waals surface area contributed by atoms with Crippen molar-refractivity contribution in [2.24, 2.45) is 5.92 Å². The first-order valence-corrected chi connectivity index (χ1v) is 8.98. The van der Waals surface area contributed by atoms with Crippen LogP contribution in [0.15, 0.2) is 23.1 Å². The van der Waals surface area contributed by atoms with Crippen LogP contribution in [0.3, 0.4) is 0 Å². The molecule has 0 saturated carbocycles. The highest BCUT2D eigenvalue weighted by molar-refractivity contribution is 7.89. The average molecular weight is 310 g/mol. The molecular weight excluding hydrogens is 288 g/mol. The first-order chi connectivity index (χ1) is 9.99. The van der Waals surface area contributed by atoms with E-state index >= 15 is 0 Å². The van der Waals surface area contributed by atoms with Gasteiger partial charge in [-0.15, -0.1) is 0 Å². The van der Waals surface area contributed by atoms with E-state index in [0.29, 0.717) is 17.4 Å². The Morgan fingerprint density at radius 3 is 2.90 bits per heavy atom. The fraction of sp³-hybridized carbons (Fsp3) is 0.600. The summed E-state index contributed by atoms with van der Waals surface area (Å²) in [5.41, 5.74) is 0.979. The molecule has 2 heterocycles. The van der Waals surface area contributed by atoms with Crippen LogP contribution >= 0.6 is 0 Å². The van der Waals surface area contributed by atoms with Crippen LogP contribution in [-0.2, 0) is 16.4 Å². The number of likely N-dealkylation sites (tertiary alicyclic amines) is 1. The molecule has 1 N–H and O–H groups in total.